The van der Waals surface area contributed by atoms with Crippen molar-refractivity contribution in [2.75, 3.05) is 113 Å². The van der Waals surface area contributed by atoms with E-state index in [0.29, 0.717) is 164 Å². The van der Waals surface area contributed by atoms with Gasteiger partial charge in [0.2, 0.25) is 17.1 Å². The Bertz CT molecular complexity index is 5510. The molecule has 0 amide bonds. The van der Waals surface area contributed by atoms with Gasteiger partial charge in [-0.1, -0.05) is 104 Å². The molecule has 15 rings (SSSR count). The van der Waals surface area contributed by atoms with Gasteiger partial charge in [-0.15, -0.1) is 110 Å². The highest BCUT2D eigenvalue weighted by Gasteiger charge is 2.39. The Morgan fingerprint density at radius 3 is 1.02 bits per heavy atom. The zero-order chi connectivity index (χ0) is 103. The first-order valence-corrected chi connectivity index (χ1v) is 48.5. The van der Waals surface area contributed by atoms with Crippen LogP contribution in [0.2, 0.25) is 25.1 Å². The number of aliphatic hydroxyl groups is 3. The molecule has 0 radical (unpaired) electrons. The summed E-state index contributed by atoms with van der Waals surface area (Å²) in [7, 11) is 3.17. The van der Waals surface area contributed by atoms with E-state index in [1.165, 1.54) is 71.7 Å². The highest BCUT2D eigenvalue weighted by atomic mass is 127. The normalized spacial score (nSPS) is 15.4. The molecular formula is C88H91Cl5F15IN14O16S3. The summed E-state index contributed by atoms with van der Waals surface area (Å²) in [4.78, 5) is 43.7. The summed E-state index contributed by atoms with van der Waals surface area (Å²) in [6.07, 6.45) is -17.0. The number of aliphatic hydroxyl groups excluding tert-OH is 3. The van der Waals surface area contributed by atoms with Crippen LogP contribution in [0.3, 0.4) is 0 Å². The van der Waals surface area contributed by atoms with Gasteiger partial charge in [0.25, 0.3) is 0 Å². The third kappa shape index (κ3) is 38.6. The first-order chi connectivity index (χ1) is 67.1. The summed E-state index contributed by atoms with van der Waals surface area (Å²) in [5.74, 6) is -2.77. The second kappa shape index (κ2) is 53.3. The zero-order valence-electron chi connectivity index (χ0n) is 74.9. The van der Waals surface area contributed by atoms with Crippen LogP contribution in [0.5, 0.6) is 40.2 Å². The van der Waals surface area contributed by atoms with Gasteiger partial charge in [0, 0.05) is 144 Å². The quantitative estimate of drug-likeness (QED) is 0.0127. The van der Waals surface area contributed by atoms with Gasteiger partial charge >= 0.3 is 49.7 Å². The molecular weight excluding hydrogens is 2190 g/mol. The summed E-state index contributed by atoms with van der Waals surface area (Å²) in [6.45, 7) is 8.42. The van der Waals surface area contributed by atoms with Crippen molar-refractivity contribution in [3.63, 3.8) is 0 Å². The first-order valence-electron chi connectivity index (χ1n) is 42.9. The van der Waals surface area contributed by atoms with E-state index >= 15 is 0 Å². The molecule has 8 heterocycles. The molecule has 7 aromatic carbocycles. The number of aromatic carboxylic acids is 1. The van der Waals surface area contributed by atoms with Crippen LogP contribution in [-0.2, 0) is 22.6 Å². The number of carbonyl (C=O) groups is 3. The molecule has 6 N–H and O–H groups in total. The van der Waals surface area contributed by atoms with Crippen molar-refractivity contribution in [2.24, 2.45) is 0 Å². The van der Waals surface area contributed by atoms with Crippen LogP contribution in [0.4, 0.5) is 88.6 Å². The smallest absolute Gasteiger partial charge is 0.497 e. The number of alkyl halides is 15. The van der Waals surface area contributed by atoms with E-state index in [0.717, 1.165) is 73.1 Å². The minimum absolute atomic E-state index is 0.00349. The number of anilines is 4. The van der Waals surface area contributed by atoms with Crippen molar-refractivity contribution < 1.29 is 143 Å². The number of nitrogens with one attached hydrogen (secondary N) is 2. The number of nitrogens with zero attached hydrogens (tertiary/aromatic N) is 12. The van der Waals surface area contributed by atoms with Crippen LogP contribution in [0.25, 0.3) is 0 Å². The highest BCUT2D eigenvalue weighted by molar-refractivity contribution is 14.1. The number of aromatic amines is 1. The van der Waals surface area contributed by atoms with E-state index in [2.05, 4.69) is 65.0 Å². The van der Waals surface area contributed by atoms with Gasteiger partial charge in [-0.05, 0) is 209 Å². The number of rotatable bonds is 26. The predicted octanol–water partition coefficient (Wildman–Crippen LogP) is 21.2. The monoisotopic (exact) mass is 2280 g/mol. The maximum absolute atomic E-state index is 12.7. The van der Waals surface area contributed by atoms with Gasteiger partial charge in [-0.3, -0.25) is 0 Å². The average Bonchev–Trinajstić information content (AvgIpc) is 1.59. The molecule has 5 saturated heterocycles. The van der Waals surface area contributed by atoms with Crippen LogP contribution in [-0.4, -0.2) is 237 Å². The molecule has 54 heteroatoms. The number of carboxylic acid groups (broad SMARTS) is 1. The Balaban J connectivity index is 0.000000186. The fourth-order valence-corrected chi connectivity index (χ4v) is 19.9. The molecule has 0 bridgehead atoms. The number of aromatic nitrogens is 9. The third-order valence-electron chi connectivity index (χ3n) is 20.8. The number of halogens is 21. The number of carboxylic acids is 1. The van der Waals surface area contributed by atoms with Crippen molar-refractivity contribution in [1.82, 2.24) is 50.7 Å². The fraction of sp³-hybridized carbons (Fsp3) is 0.420. The lowest BCUT2D eigenvalue weighted by Crippen LogP contribution is -2.35. The molecule has 774 valence electrons. The van der Waals surface area contributed by atoms with Crippen LogP contribution < -0.4 is 58.1 Å². The number of piperidine rings is 5. The topological polar surface area (TPSA) is 343 Å². The highest BCUT2D eigenvalue weighted by Crippen LogP contribution is 2.43. The summed E-state index contributed by atoms with van der Waals surface area (Å²) in [5.41, 5.74) is 4.10. The minimum Gasteiger partial charge on any atom is -0.497 e. The number of benzene rings is 7. The number of methoxy groups -OCH3 is 2. The van der Waals surface area contributed by atoms with E-state index in [4.69, 9.17) is 92.3 Å². The molecule has 5 fully saturated rings. The SMILES string of the molecule is CCOC(=O)c1nnn(Cc2ccc(OC)cc2)c1SC1CCN(c2cc(Cl)cc(OC(F)(F)F)c2)CC1.COc1ccc(Cn2nnc(C(=O)OCO)c2SC2CCN(c3cc(Cl)cc(OC(F)(F)F)c3)CC2)cc1.FC(F)(F)Oc1cc(Cl)cc(I)c1.O=C(O)c1n[nH]nc1SC1CCN(c2cc(Cl)cc(OC(F)(F)F)c2)CC1.OC1CCN(c2cc(Cl)cc(OC(F)(F)F)c2)CC1.OC1CCNCC1. The maximum Gasteiger partial charge on any atom is 0.573 e. The van der Waals surface area contributed by atoms with E-state index in [-0.39, 0.29) is 106 Å². The number of thioether (sulfide) groups is 3. The molecule has 0 unspecified atom stereocenters. The second-order valence-corrected chi connectivity index (χ2v) is 38.4. The number of hydrogen-bond acceptors (Lipinski definition) is 29. The molecule has 30 nitrogen and oxygen atoms in total. The largest absolute Gasteiger partial charge is 0.573 e. The summed E-state index contributed by atoms with van der Waals surface area (Å²) >= 11 is 35.4. The Labute approximate surface area is 853 Å². The van der Waals surface area contributed by atoms with E-state index in [1.807, 2.05) is 90.7 Å². The maximum atomic E-state index is 12.7. The number of ether oxygens (including phenoxy) is 9. The van der Waals surface area contributed by atoms with Crippen molar-refractivity contribution in [1.29, 1.82) is 0 Å². The molecule has 10 aromatic rings. The molecule has 0 spiro atoms. The lowest BCUT2D eigenvalue weighted by atomic mass is 10.1. The lowest BCUT2D eigenvalue weighted by Gasteiger charge is -2.33. The Kier molecular flexibility index (Phi) is 42.9. The van der Waals surface area contributed by atoms with E-state index < -0.39 is 56.5 Å². The first kappa shape index (κ1) is 114. The molecule has 142 heavy (non-hydrogen) atoms. The molecule has 5 aliphatic rings. The van der Waals surface area contributed by atoms with Crippen molar-refractivity contribution in [2.45, 2.75) is 159 Å². The molecule has 0 aliphatic carbocycles. The Hall–Kier alpha value is -9.81. The van der Waals surface area contributed by atoms with Crippen molar-refractivity contribution in [3.05, 3.63) is 196 Å². The third-order valence-corrected chi connectivity index (χ3v) is 26.7. The van der Waals surface area contributed by atoms with Crippen LogP contribution in [0.15, 0.2) is 155 Å². The van der Waals surface area contributed by atoms with Crippen molar-refractivity contribution in [3.8, 4) is 40.2 Å². The molecule has 3 aromatic heterocycles. The van der Waals surface area contributed by atoms with Gasteiger partial charge < -0.3 is 88.0 Å². The predicted molar refractivity (Wildman–Crippen MR) is 508 cm³/mol. The lowest BCUT2D eigenvalue weighted by molar-refractivity contribution is -0.275. The van der Waals surface area contributed by atoms with Crippen LogP contribution >= 0.6 is 116 Å². The zero-order valence-corrected chi connectivity index (χ0v) is 83.2. The van der Waals surface area contributed by atoms with Gasteiger partial charge in [-0.2, -0.15) is 5.21 Å². The number of hydrogen-bond donors (Lipinski definition) is 6. The Morgan fingerprint density at radius 2 is 0.725 bits per heavy atom. The van der Waals surface area contributed by atoms with E-state index in [1.54, 1.807) is 54.8 Å². The average molecular weight is 2290 g/mol. The molecule has 5 aliphatic heterocycles. The van der Waals surface area contributed by atoms with Crippen molar-refractivity contribution >= 4 is 157 Å². The fourth-order valence-electron chi connectivity index (χ4n) is 14.4. The number of esters is 2. The molecule has 0 saturated carbocycles. The Morgan fingerprint density at radius 1 is 0.415 bits per heavy atom. The molecule has 0 atom stereocenters. The van der Waals surface area contributed by atoms with Gasteiger partial charge in [0.1, 0.15) is 50.3 Å². The van der Waals surface area contributed by atoms with Crippen LogP contribution in [0, 0.1) is 3.57 Å². The van der Waals surface area contributed by atoms with Gasteiger partial charge in [0.05, 0.1) is 46.1 Å². The van der Waals surface area contributed by atoms with Crippen LogP contribution in [0.1, 0.15) is 114 Å². The van der Waals surface area contributed by atoms with E-state index in [9.17, 15) is 85.3 Å². The van der Waals surface area contributed by atoms with Gasteiger partial charge in [-0.25, -0.2) is 23.7 Å². The standard InChI is InChI=1S/C25H26ClF3N4O4S.C24H24ClF3N4O5S.C15H14ClF3N4O3S.C12H13ClF3NO2.C7H3ClF3IO.C5H11NO/c1-3-36-24(34)22-23(33(31-30-22)15-16-4-6-19(35-2)7-5-16)38-21-8-10-32(11-9-21)18-12-17(26)13-20(14-18)37-25(27,28)29;1-35-18-4-2-15(3-5-18)13-32-22(21(29-30-32)23(34)36-14-33)38-20-6-8-31(9-7-20)17-10-16(25)11-19(12-17)37-24(26,27)28;16-8-5-9(7-10(6-8)26-15(17,18)19)23-3-1-11(2-4-23)27-13-12(14(24)25)20-22-21-13;13-8-5-9(17-3-1-10(18)2-4-17)7-11(6-8)19-12(14,15)16;8-4-1-5(12)3-6(2-4)13-7(9,10)11;7-5-1-3-6-4-2-5/h4-7,12-14,21H,3,8-11,15H2,1-2H3;2-5,10-12,20,33H,6-9,13-14H2,1H3;5-7,11H,1-4H2,(H,24,25)(H,20,21,22);5-7,10,18H,1-4H2;1-3H;5-7H,1-4H2. The number of carbonyl (C=O) groups excluding carboxylic acids is 2. The summed E-state index contributed by atoms with van der Waals surface area (Å²) in [6, 6.07) is 34.9. The summed E-state index contributed by atoms with van der Waals surface area (Å²) in [5, 5.41) is 68.3. The second-order valence-electron chi connectivity index (χ2n) is 31.1. The number of H-pyrrole nitrogens is 1. The van der Waals surface area contributed by atoms with Gasteiger partial charge in [0.15, 0.2) is 11.8 Å². The summed E-state index contributed by atoms with van der Waals surface area (Å²) < 4.78 is 229. The minimum atomic E-state index is -4.82.